The molecule has 29 heavy (non-hydrogen) atoms. The monoisotopic (exact) mass is 410 g/mol. The lowest BCUT2D eigenvalue weighted by atomic mass is 10.2. The molecule has 148 valence electrons. The van der Waals surface area contributed by atoms with Gasteiger partial charge in [-0.15, -0.1) is 11.3 Å². The Balaban J connectivity index is 1.57. The Morgan fingerprint density at radius 3 is 2.17 bits per heavy atom. The van der Waals surface area contributed by atoms with Gasteiger partial charge in [0.25, 0.3) is 5.91 Å². The van der Waals surface area contributed by atoms with E-state index in [0.29, 0.717) is 22.1 Å². The van der Waals surface area contributed by atoms with Crippen molar-refractivity contribution in [3.63, 3.8) is 0 Å². The van der Waals surface area contributed by atoms with Crippen LogP contribution in [0.4, 0.5) is 21.3 Å². The Morgan fingerprint density at radius 1 is 0.897 bits per heavy atom. The third kappa shape index (κ3) is 5.39. The van der Waals surface area contributed by atoms with Crippen LogP contribution in [-0.4, -0.2) is 30.0 Å². The molecule has 0 saturated carbocycles. The first kappa shape index (κ1) is 20.0. The number of hydrogen-bond acceptors (Lipinski definition) is 6. The number of esters is 1. The molecule has 3 aromatic rings. The number of carbonyl (C=O) groups excluding carboxylic acids is 3. The Kier molecular flexibility index (Phi) is 6.20. The predicted molar refractivity (Wildman–Crippen MR) is 112 cm³/mol. The van der Waals surface area contributed by atoms with Gasteiger partial charge in [-0.05, 0) is 43.3 Å². The van der Waals surface area contributed by atoms with Crippen molar-refractivity contribution in [1.29, 1.82) is 0 Å². The van der Waals surface area contributed by atoms with Crippen molar-refractivity contribution in [3.8, 4) is 0 Å². The second-order valence-corrected chi connectivity index (χ2v) is 6.86. The van der Waals surface area contributed by atoms with Gasteiger partial charge in [0.1, 0.15) is 5.69 Å². The Hall–Kier alpha value is -3.72. The number of aromatic nitrogens is 1. The molecule has 0 aliphatic rings. The van der Waals surface area contributed by atoms with E-state index in [0.717, 1.165) is 16.9 Å². The van der Waals surface area contributed by atoms with Gasteiger partial charge in [-0.3, -0.25) is 10.1 Å². The van der Waals surface area contributed by atoms with Crippen LogP contribution in [-0.2, 0) is 4.74 Å². The first-order chi connectivity index (χ1) is 13.9. The molecule has 0 bridgehead atoms. The Bertz CT molecular complexity index is 1030. The van der Waals surface area contributed by atoms with E-state index in [1.807, 2.05) is 19.1 Å². The average Bonchev–Trinajstić information content (AvgIpc) is 3.18. The fraction of sp³-hybridized carbons (Fsp3) is 0.100. The van der Waals surface area contributed by atoms with Crippen LogP contribution in [0.3, 0.4) is 0 Å². The number of aryl methyl sites for hydroxylation is 1. The van der Waals surface area contributed by atoms with E-state index in [4.69, 9.17) is 0 Å². The summed E-state index contributed by atoms with van der Waals surface area (Å²) in [4.78, 5) is 39.9. The number of nitrogens with zero attached hydrogens (tertiary/aromatic N) is 1. The van der Waals surface area contributed by atoms with Crippen molar-refractivity contribution in [1.82, 2.24) is 4.98 Å². The number of rotatable bonds is 5. The van der Waals surface area contributed by atoms with Gasteiger partial charge in [0, 0.05) is 16.8 Å². The zero-order valence-corrected chi connectivity index (χ0v) is 16.5. The Morgan fingerprint density at radius 2 is 1.52 bits per heavy atom. The highest BCUT2D eigenvalue weighted by Gasteiger charge is 2.13. The number of nitrogens with one attached hydrogen (secondary N) is 3. The summed E-state index contributed by atoms with van der Waals surface area (Å²) in [5.41, 5.74) is 2.79. The van der Waals surface area contributed by atoms with Crippen molar-refractivity contribution < 1.29 is 19.1 Å². The molecule has 1 aromatic heterocycles. The maximum atomic E-state index is 12.3. The third-order valence-electron chi connectivity index (χ3n) is 3.83. The number of anilines is 3. The predicted octanol–water partition coefficient (Wildman–Crippen LogP) is 4.13. The number of ether oxygens (including phenoxy) is 1. The van der Waals surface area contributed by atoms with Crippen LogP contribution >= 0.6 is 11.3 Å². The van der Waals surface area contributed by atoms with Crippen molar-refractivity contribution in [2.75, 3.05) is 23.1 Å². The number of carbonyl (C=O) groups is 3. The molecule has 0 saturated heterocycles. The van der Waals surface area contributed by atoms with Crippen LogP contribution in [0.2, 0.25) is 0 Å². The minimum Gasteiger partial charge on any atom is -0.465 e. The van der Waals surface area contributed by atoms with Crippen molar-refractivity contribution in [2.24, 2.45) is 0 Å². The highest BCUT2D eigenvalue weighted by Crippen LogP contribution is 2.18. The summed E-state index contributed by atoms with van der Waals surface area (Å²) in [7, 11) is 1.30. The van der Waals surface area contributed by atoms with Gasteiger partial charge in [-0.25, -0.2) is 14.6 Å². The van der Waals surface area contributed by atoms with Crippen LogP contribution in [0.5, 0.6) is 0 Å². The molecule has 0 radical (unpaired) electrons. The highest BCUT2D eigenvalue weighted by atomic mass is 32.1. The van der Waals surface area contributed by atoms with Crippen molar-refractivity contribution >= 4 is 45.8 Å². The summed E-state index contributed by atoms with van der Waals surface area (Å²) < 4.78 is 4.63. The summed E-state index contributed by atoms with van der Waals surface area (Å²) in [6, 6.07) is 13.2. The standard InChI is InChI=1S/C20H18N4O4S/c1-12-3-7-15(8-4-12)22-19(27)24-20-23-16(11-29-20)17(25)21-14-9-5-13(6-10-14)18(26)28-2/h3-11H,1-2H3,(H,21,25)(H2,22,23,24,27). The second-order valence-electron chi connectivity index (χ2n) is 6.01. The van der Waals surface area contributed by atoms with Crippen LogP contribution in [0.15, 0.2) is 53.9 Å². The summed E-state index contributed by atoms with van der Waals surface area (Å²) in [5.74, 6) is -0.888. The molecule has 0 aliphatic heterocycles. The molecular weight excluding hydrogens is 392 g/mol. The van der Waals surface area contributed by atoms with Crippen LogP contribution in [0, 0.1) is 6.92 Å². The maximum Gasteiger partial charge on any atom is 0.337 e. The quantitative estimate of drug-likeness (QED) is 0.548. The molecule has 0 spiro atoms. The molecular formula is C20H18N4O4S. The van der Waals surface area contributed by atoms with Crippen LogP contribution in [0.25, 0.3) is 0 Å². The van der Waals surface area contributed by atoms with Crippen molar-refractivity contribution in [3.05, 3.63) is 70.7 Å². The molecule has 0 unspecified atom stereocenters. The minimum absolute atomic E-state index is 0.165. The molecule has 3 N–H and O–H groups in total. The summed E-state index contributed by atoms with van der Waals surface area (Å²) in [5, 5.41) is 9.80. The van der Waals surface area contributed by atoms with Crippen LogP contribution < -0.4 is 16.0 Å². The summed E-state index contributed by atoms with van der Waals surface area (Å²) in [6.45, 7) is 1.96. The lowest BCUT2D eigenvalue weighted by Crippen LogP contribution is -2.19. The van der Waals surface area contributed by atoms with E-state index < -0.39 is 17.9 Å². The first-order valence-corrected chi connectivity index (χ1v) is 9.42. The maximum absolute atomic E-state index is 12.3. The van der Waals surface area contributed by atoms with Gasteiger partial charge in [0.2, 0.25) is 0 Å². The van der Waals surface area contributed by atoms with Gasteiger partial charge in [-0.1, -0.05) is 17.7 Å². The number of amides is 3. The van der Waals surface area contributed by atoms with E-state index in [1.165, 1.54) is 7.11 Å². The molecule has 0 fully saturated rings. The normalized spacial score (nSPS) is 10.1. The Labute approximate surface area is 170 Å². The third-order valence-corrected chi connectivity index (χ3v) is 4.59. The molecule has 1 heterocycles. The smallest absolute Gasteiger partial charge is 0.337 e. The van der Waals surface area contributed by atoms with Gasteiger partial charge in [0.05, 0.1) is 12.7 Å². The van der Waals surface area contributed by atoms with Gasteiger partial charge in [0.15, 0.2) is 5.13 Å². The number of thiazole rings is 1. The molecule has 8 nitrogen and oxygen atoms in total. The molecule has 3 amide bonds. The average molecular weight is 410 g/mol. The van der Waals surface area contributed by atoms with E-state index in [1.54, 1.807) is 41.8 Å². The van der Waals surface area contributed by atoms with E-state index >= 15 is 0 Å². The van der Waals surface area contributed by atoms with Gasteiger partial charge < -0.3 is 15.4 Å². The van der Waals surface area contributed by atoms with E-state index in [2.05, 4.69) is 25.7 Å². The molecule has 0 aliphatic carbocycles. The highest BCUT2D eigenvalue weighted by molar-refractivity contribution is 7.14. The molecule has 9 heteroatoms. The molecule has 0 atom stereocenters. The summed E-state index contributed by atoms with van der Waals surface area (Å²) in [6.07, 6.45) is 0. The van der Waals surface area contributed by atoms with Crippen LogP contribution in [0.1, 0.15) is 26.4 Å². The van der Waals surface area contributed by atoms with E-state index in [-0.39, 0.29) is 5.69 Å². The fourth-order valence-corrected chi connectivity index (χ4v) is 3.02. The summed E-state index contributed by atoms with van der Waals surface area (Å²) >= 11 is 1.13. The number of hydrogen-bond donors (Lipinski definition) is 3. The lowest BCUT2D eigenvalue weighted by Gasteiger charge is -2.06. The van der Waals surface area contributed by atoms with Crippen molar-refractivity contribution in [2.45, 2.75) is 6.92 Å². The minimum atomic E-state index is -0.456. The topological polar surface area (TPSA) is 109 Å². The van der Waals surface area contributed by atoms with E-state index in [9.17, 15) is 14.4 Å². The molecule has 3 rings (SSSR count). The van der Waals surface area contributed by atoms with Gasteiger partial charge in [-0.2, -0.15) is 0 Å². The van der Waals surface area contributed by atoms with Gasteiger partial charge >= 0.3 is 12.0 Å². The number of methoxy groups -OCH3 is 1. The zero-order chi connectivity index (χ0) is 20.8. The first-order valence-electron chi connectivity index (χ1n) is 8.54. The SMILES string of the molecule is COC(=O)c1ccc(NC(=O)c2csc(NC(=O)Nc3ccc(C)cc3)n2)cc1. The second kappa shape index (κ2) is 8.98. The number of urea groups is 1. The number of benzene rings is 2. The zero-order valence-electron chi connectivity index (χ0n) is 15.7. The fourth-order valence-electron chi connectivity index (χ4n) is 2.33. The lowest BCUT2D eigenvalue weighted by molar-refractivity contribution is 0.0600. The molecule has 2 aromatic carbocycles. The largest absolute Gasteiger partial charge is 0.465 e.